The second-order valence-electron chi connectivity index (χ2n) is 3.57. The van der Waals surface area contributed by atoms with Crippen molar-refractivity contribution in [1.29, 1.82) is 0 Å². The average Bonchev–Trinajstić information content (AvgIpc) is 2.69. The highest BCUT2D eigenvalue weighted by Crippen LogP contribution is 2.13. The third-order valence-corrected chi connectivity index (χ3v) is 2.27. The first-order chi connectivity index (χ1) is 6.65. The molecule has 14 heavy (non-hydrogen) atoms. The molecule has 0 aliphatic carbocycles. The van der Waals surface area contributed by atoms with Crippen LogP contribution in [0.5, 0.6) is 0 Å². The molecule has 1 amide bonds. The van der Waals surface area contributed by atoms with Crippen LogP contribution in [0.3, 0.4) is 0 Å². The van der Waals surface area contributed by atoms with Gasteiger partial charge in [0, 0.05) is 25.9 Å². The summed E-state index contributed by atoms with van der Waals surface area (Å²) in [5.41, 5.74) is 6.35. The van der Waals surface area contributed by atoms with E-state index in [1.165, 1.54) is 0 Å². The van der Waals surface area contributed by atoms with Crippen molar-refractivity contribution in [2.24, 2.45) is 11.7 Å². The third kappa shape index (κ3) is 2.60. The van der Waals surface area contributed by atoms with Crippen LogP contribution < -0.4 is 10.6 Å². The molecule has 78 valence electrons. The van der Waals surface area contributed by atoms with E-state index in [0.717, 1.165) is 5.69 Å². The SMILES string of the molecule is CC(CN)CC(=O)N(C)c1cc[nH]c1. The molecular weight excluding hydrogens is 178 g/mol. The third-order valence-electron chi connectivity index (χ3n) is 2.27. The lowest BCUT2D eigenvalue weighted by atomic mass is 10.1. The van der Waals surface area contributed by atoms with Crippen LogP contribution in [0.2, 0.25) is 0 Å². The second-order valence-corrected chi connectivity index (χ2v) is 3.57. The molecule has 0 aromatic carbocycles. The number of H-pyrrole nitrogens is 1. The topological polar surface area (TPSA) is 62.1 Å². The number of aromatic nitrogens is 1. The fourth-order valence-corrected chi connectivity index (χ4v) is 1.19. The summed E-state index contributed by atoms with van der Waals surface area (Å²) >= 11 is 0. The Hall–Kier alpha value is -1.29. The molecule has 0 bridgehead atoms. The molecule has 1 heterocycles. The van der Waals surface area contributed by atoms with Gasteiger partial charge >= 0.3 is 0 Å². The van der Waals surface area contributed by atoms with Gasteiger partial charge in [-0.15, -0.1) is 0 Å². The Kier molecular flexibility index (Phi) is 3.71. The molecule has 3 N–H and O–H groups in total. The largest absolute Gasteiger partial charge is 0.366 e. The zero-order valence-corrected chi connectivity index (χ0v) is 8.66. The fraction of sp³-hybridized carbons (Fsp3) is 0.500. The molecule has 0 aliphatic rings. The quantitative estimate of drug-likeness (QED) is 0.751. The van der Waals surface area contributed by atoms with E-state index >= 15 is 0 Å². The van der Waals surface area contributed by atoms with Crippen molar-refractivity contribution in [3.63, 3.8) is 0 Å². The van der Waals surface area contributed by atoms with Gasteiger partial charge in [-0.3, -0.25) is 4.79 Å². The Labute approximate surface area is 84.1 Å². The van der Waals surface area contributed by atoms with Gasteiger partial charge in [0.1, 0.15) is 0 Å². The van der Waals surface area contributed by atoms with Crippen LogP contribution in [0, 0.1) is 5.92 Å². The van der Waals surface area contributed by atoms with Gasteiger partial charge in [-0.2, -0.15) is 0 Å². The Morgan fingerprint density at radius 3 is 2.93 bits per heavy atom. The van der Waals surface area contributed by atoms with Crippen LogP contribution in [0.25, 0.3) is 0 Å². The van der Waals surface area contributed by atoms with Crippen molar-refractivity contribution in [1.82, 2.24) is 4.98 Å². The second kappa shape index (κ2) is 4.81. The van der Waals surface area contributed by atoms with Gasteiger partial charge in [0.05, 0.1) is 5.69 Å². The zero-order chi connectivity index (χ0) is 10.6. The van der Waals surface area contributed by atoms with E-state index in [4.69, 9.17) is 5.73 Å². The number of hydrogen-bond acceptors (Lipinski definition) is 2. The van der Waals surface area contributed by atoms with E-state index in [-0.39, 0.29) is 11.8 Å². The number of nitrogens with zero attached hydrogens (tertiary/aromatic N) is 1. The number of amides is 1. The van der Waals surface area contributed by atoms with Gasteiger partial charge in [0.15, 0.2) is 0 Å². The van der Waals surface area contributed by atoms with Crippen molar-refractivity contribution in [3.8, 4) is 0 Å². The van der Waals surface area contributed by atoms with Crippen LogP contribution in [0.4, 0.5) is 5.69 Å². The molecule has 1 aromatic rings. The van der Waals surface area contributed by atoms with Gasteiger partial charge in [0.25, 0.3) is 0 Å². The summed E-state index contributed by atoms with van der Waals surface area (Å²) in [6, 6.07) is 1.87. The smallest absolute Gasteiger partial charge is 0.227 e. The minimum Gasteiger partial charge on any atom is -0.366 e. The molecule has 0 radical (unpaired) electrons. The number of carbonyl (C=O) groups excluding carboxylic acids is 1. The maximum absolute atomic E-state index is 11.7. The van der Waals surface area contributed by atoms with Crippen LogP contribution in [0.1, 0.15) is 13.3 Å². The summed E-state index contributed by atoms with van der Waals surface area (Å²) in [7, 11) is 1.77. The Morgan fingerprint density at radius 1 is 1.71 bits per heavy atom. The molecule has 0 spiro atoms. The summed E-state index contributed by atoms with van der Waals surface area (Å²) in [5, 5.41) is 0. The molecule has 1 unspecified atom stereocenters. The number of hydrogen-bond donors (Lipinski definition) is 2. The minimum absolute atomic E-state index is 0.0996. The first-order valence-electron chi connectivity index (χ1n) is 4.74. The summed E-state index contributed by atoms with van der Waals surface area (Å²) < 4.78 is 0. The van der Waals surface area contributed by atoms with Crippen LogP contribution in [-0.4, -0.2) is 24.5 Å². The predicted molar refractivity (Wildman–Crippen MR) is 57.0 cm³/mol. The maximum Gasteiger partial charge on any atom is 0.227 e. The standard InChI is InChI=1S/C10H17N3O/c1-8(6-11)5-10(14)13(2)9-3-4-12-7-9/h3-4,7-8,12H,5-6,11H2,1-2H3. The molecule has 4 heteroatoms. The lowest BCUT2D eigenvalue weighted by molar-refractivity contribution is -0.119. The highest BCUT2D eigenvalue weighted by molar-refractivity contribution is 5.92. The van der Waals surface area contributed by atoms with E-state index in [1.54, 1.807) is 24.3 Å². The summed E-state index contributed by atoms with van der Waals surface area (Å²) in [5.74, 6) is 0.339. The number of nitrogens with one attached hydrogen (secondary N) is 1. The van der Waals surface area contributed by atoms with E-state index in [2.05, 4.69) is 4.98 Å². The highest BCUT2D eigenvalue weighted by Gasteiger charge is 2.13. The fourth-order valence-electron chi connectivity index (χ4n) is 1.19. The van der Waals surface area contributed by atoms with Crippen LogP contribution in [0.15, 0.2) is 18.5 Å². The number of carbonyl (C=O) groups is 1. The summed E-state index contributed by atoms with van der Waals surface area (Å²) in [6.07, 6.45) is 4.09. The summed E-state index contributed by atoms with van der Waals surface area (Å²) in [4.78, 5) is 16.2. The zero-order valence-electron chi connectivity index (χ0n) is 8.66. The van der Waals surface area contributed by atoms with Gasteiger partial charge in [-0.25, -0.2) is 0 Å². The van der Waals surface area contributed by atoms with E-state index in [9.17, 15) is 4.79 Å². The Balaban J connectivity index is 2.53. The van der Waals surface area contributed by atoms with E-state index in [1.807, 2.05) is 13.0 Å². The number of anilines is 1. The predicted octanol–water partition coefficient (Wildman–Crippen LogP) is 0.962. The van der Waals surface area contributed by atoms with Gasteiger partial charge in [-0.05, 0) is 18.5 Å². The molecular formula is C10H17N3O. The van der Waals surface area contributed by atoms with Crippen LogP contribution in [-0.2, 0) is 4.79 Å². The number of rotatable bonds is 4. The van der Waals surface area contributed by atoms with E-state index < -0.39 is 0 Å². The lowest BCUT2D eigenvalue weighted by Crippen LogP contribution is -2.29. The van der Waals surface area contributed by atoms with Crippen molar-refractivity contribution >= 4 is 11.6 Å². The molecule has 0 fully saturated rings. The number of aromatic amines is 1. The highest BCUT2D eigenvalue weighted by atomic mass is 16.2. The molecule has 1 aromatic heterocycles. The summed E-state index contributed by atoms with van der Waals surface area (Å²) in [6.45, 7) is 2.52. The van der Waals surface area contributed by atoms with Gasteiger partial charge < -0.3 is 15.6 Å². The first kappa shape index (κ1) is 10.8. The maximum atomic E-state index is 11.7. The van der Waals surface area contributed by atoms with Crippen molar-refractivity contribution < 1.29 is 4.79 Å². The monoisotopic (exact) mass is 195 g/mol. The minimum atomic E-state index is 0.0996. The van der Waals surface area contributed by atoms with Crippen molar-refractivity contribution in [3.05, 3.63) is 18.5 Å². The van der Waals surface area contributed by atoms with Crippen molar-refractivity contribution in [2.45, 2.75) is 13.3 Å². The van der Waals surface area contributed by atoms with Crippen molar-refractivity contribution in [2.75, 3.05) is 18.5 Å². The Bertz CT molecular complexity index is 282. The van der Waals surface area contributed by atoms with Gasteiger partial charge in [0.2, 0.25) is 5.91 Å². The van der Waals surface area contributed by atoms with Crippen LogP contribution >= 0.6 is 0 Å². The van der Waals surface area contributed by atoms with Gasteiger partial charge in [-0.1, -0.05) is 6.92 Å². The molecule has 1 atom stereocenters. The average molecular weight is 195 g/mol. The number of nitrogens with two attached hydrogens (primary N) is 1. The molecule has 0 aliphatic heterocycles. The molecule has 4 nitrogen and oxygen atoms in total. The van der Waals surface area contributed by atoms with E-state index in [0.29, 0.717) is 13.0 Å². The molecule has 0 saturated carbocycles. The lowest BCUT2D eigenvalue weighted by Gasteiger charge is -2.17. The molecule has 0 saturated heterocycles. The first-order valence-corrected chi connectivity index (χ1v) is 4.74. The normalized spacial score (nSPS) is 12.5. The molecule has 1 rings (SSSR count). The Morgan fingerprint density at radius 2 is 2.43 bits per heavy atom.